The zero-order valence-electron chi connectivity index (χ0n) is 18.4. The highest BCUT2D eigenvalue weighted by atomic mass is 35.5. The van der Waals surface area contributed by atoms with Gasteiger partial charge in [-0.2, -0.15) is 0 Å². The van der Waals surface area contributed by atoms with Gasteiger partial charge < -0.3 is 4.74 Å². The number of ether oxygens (including phenoxy) is 1. The van der Waals surface area contributed by atoms with E-state index in [1.54, 1.807) is 30.3 Å². The lowest BCUT2D eigenvalue weighted by atomic mass is 10.0. The first-order chi connectivity index (χ1) is 17.0. The number of hydrogen-bond acceptors (Lipinski definition) is 4. The van der Waals surface area contributed by atoms with Gasteiger partial charge in [0.15, 0.2) is 0 Å². The van der Waals surface area contributed by atoms with E-state index < -0.39 is 5.82 Å². The van der Waals surface area contributed by atoms with Crippen LogP contribution in [0.2, 0.25) is 5.02 Å². The molecule has 1 aliphatic rings. The maximum absolute atomic E-state index is 14.0. The van der Waals surface area contributed by atoms with Crippen molar-refractivity contribution in [3.05, 3.63) is 117 Å². The zero-order chi connectivity index (χ0) is 24.4. The molecule has 0 radical (unpaired) electrons. The minimum atomic E-state index is -0.437. The lowest BCUT2D eigenvalue weighted by Gasteiger charge is -2.14. The van der Waals surface area contributed by atoms with Gasteiger partial charge in [0.2, 0.25) is 0 Å². The molecule has 4 aromatic rings. The Hall–Kier alpha value is -3.61. The molecule has 5 rings (SSSR count). The Morgan fingerprint density at radius 1 is 0.943 bits per heavy atom. The van der Waals surface area contributed by atoms with E-state index in [-0.39, 0.29) is 29.9 Å². The van der Waals surface area contributed by atoms with Crippen LogP contribution in [-0.4, -0.2) is 16.0 Å². The topological polar surface area (TPSA) is 46.6 Å². The number of rotatable bonds is 6. The molecule has 0 unspecified atom stereocenters. The molecule has 0 aromatic heterocycles. The number of halogens is 2. The van der Waals surface area contributed by atoms with E-state index in [1.165, 1.54) is 17.0 Å². The number of amides is 2. The van der Waals surface area contributed by atoms with E-state index in [0.29, 0.717) is 21.2 Å². The summed E-state index contributed by atoms with van der Waals surface area (Å²) in [5, 5.41) is 2.05. The minimum absolute atomic E-state index is 0.0312. The standard InChI is InChI=1S/C28H19ClFNO3S/c29-24-12-5-13-25(30)23(24)17-34-21-10-3-6-18(14-21)15-26-27(32)31(28(33)35-26)16-20-9-4-8-19-7-1-2-11-22(19)20/h1-15H,16-17H2/b26-15+. The van der Waals surface area contributed by atoms with Gasteiger partial charge in [-0.25, -0.2) is 4.39 Å². The van der Waals surface area contributed by atoms with Gasteiger partial charge in [-0.1, -0.05) is 72.3 Å². The first-order valence-electron chi connectivity index (χ1n) is 10.9. The van der Waals surface area contributed by atoms with Crippen molar-refractivity contribution in [1.29, 1.82) is 0 Å². The van der Waals surface area contributed by atoms with Crippen molar-refractivity contribution in [3.63, 3.8) is 0 Å². The van der Waals surface area contributed by atoms with Crippen LogP contribution in [0.25, 0.3) is 16.8 Å². The van der Waals surface area contributed by atoms with Gasteiger partial charge in [0.25, 0.3) is 11.1 Å². The monoisotopic (exact) mass is 503 g/mol. The van der Waals surface area contributed by atoms with E-state index in [4.69, 9.17) is 16.3 Å². The van der Waals surface area contributed by atoms with Crippen LogP contribution in [0.5, 0.6) is 5.75 Å². The Balaban J connectivity index is 1.33. The molecule has 35 heavy (non-hydrogen) atoms. The Kier molecular flexibility index (Phi) is 6.57. The van der Waals surface area contributed by atoms with Crippen molar-refractivity contribution in [2.24, 2.45) is 0 Å². The molecule has 0 aliphatic carbocycles. The van der Waals surface area contributed by atoms with Crippen molar-refractivity contribution >= 4 is 51.4 Å². The molecule has 2 amide bonds. The number of carbonyl (C=O) groups excluding carboxylic acids is 2. The second-order valence-electron chi connectivity index (χ2n) is 7.97. The first kappa shape index (κ1) is 23.1. The third-order valence-electron chi connectivity index (χ3n) is 5.68. The van der Waals surface area contributed by atoms with Crippen molar-refractivity contribution < 1.29 is 18.7 Å². The summed E-state index contributed by atoms with van der Waals surface area (Å²) in [4.78, 5) is 27.3. The van der Waals surface area contributed by atoms with E-state index in [0.717, 1.165) is 28.1 Å². The highest BCUT2D eigenvalue weighted by Gasteiger charge is 2.35. The maximum Gasteiger partial charge on any atom is 0.293 e. The fourth-order valence-corrected chi connectivity index (χ4v) is 4.96. The highest BCUT2D eigenvalue weighted by molar-refractivity contribution is 8.18. The SMILES string of the molecule is O=C1S/C(=C/c2cccc(OCc3c(F)cccc3Cl)c2)C(=O)N1Cc1cccc2ccccc12. The Bertz CT molecular complexity index is 1460. The van der Waals surface area contributed by atoms with E-state index in [2.05, 4.69) is 0 Å². The third kappa shape index (κ3) is 4.94. The maximum atomic E-state index is 14.0. The molecule has 4 nitrogen and oxygen atoms in total. The summed E-state index contributed by atoms with van der Waals surface area (Å²) in [7, 11) is 0. The molecule has 1 aliphatic heterocycles. The Morgan fingerprint density at radius 3 is 2.57 bits per heavy atom. The number of benzene rings is 4. The molecule has 1 fully saturated rings. The Morgan fingerprint density at radius 2 is 1.71 bits per heavy atom. The van der Waals surface area contributed by atoms with Crippen LogP contribution < -0.4 is 4.74 Å². The quantitative estimate of drug-likeness (QED) is 0.256. The summed E-state index contributed by atoms with van der Waals surface area (Å²) < 4.78 is 19.7. The predicted octanol–water partition coefficient (Wildman–Crippen LogP) is 7.45. The average Bonchev–Trinajstić information content (AvgIpc) is 3.11. The van der Waals surface area contributed by atoms with E-state index in [1.807, 2.05) is 48.5 Å². The molecule has 0 spiro atoms. The van der Waals surface area contributed by atoms with Gasteiger partial charge in [0.1, 0.15) is 18.2 Å². The average molecular weight is 504 g/mol. The number of nitrogens with zero attached hydrogens (tertiary/aromatic N) is 1. The predicted molar refractivity (Wildman–Crippen MR) is 138 cm³/mol. The summed E-state index contributed by atoms with van der Waals surface area (Å²) >= 11 is 6.98. The van der Waals surface area contributed by atoms with Gasteiger partial charge in [0.05, 0.1) is 16.5 Å². The summed E-state index contributed by atoms with van der Waals surface area (Å²) in [5.74, 6) is -0.279. The van der Waals surface area contributed by atoms with Gasteiger partial charge in [-0.15, -0.1) is 0 Å². The molecule has 7 heteroatoms. The molecular weight excluding hydrogens is 485 g/mol. The van der Waals surface area contributed by atoms with Crippen LogP contribution in [0.4, 0.5) is 9.18 Å². The van der Waals surface area contributed by atoms with Gasteiger partial charge in [0, 0.05) is 5.56 Å². The van der Waals surface area contributed by atoms with Crippen molar-refractivity contribution in [3.8, 4) is 5.75 Å². The van der Waals surface area contributed by atoms with Crippen LogP contribution in [-0.2, 0) is 17.9 Å². The fourth-order valence-electron chi connectivity index (χ4n) is 3.91. The number of thioether (sulfide) groups is 1. The summed E-state index contributed by atoms with van der Waals surface area (Å²) in [5.41, 5.74) is 1.88. The second-order valence-corrected chi connectivity index (χ2v) is 9.37. The van der Waals surface area contributed by atoms with Crippen LogP contribution in [0, 0.1) is 5.82 Å². The smallest absolute Gasteiger partial charge is 0.293 e. The molecule has 0 bridgehead atoms. The van der Waals surface area contributed by atoms with E-state index >= 15 is 0 Å². The largest absolute Gasteiger partial charge is 0.489 e. The summed E-state index contributed by atoms with van der Waals surface area (Å²) in [6.07, 6.45) is 1.66. The van der Waals surface area contributed by atoms with Crippen LogP contribution in [0.15, 0.2) is 89.8 Å². The number of hydrogen-bond donors (Lipinski definition) is 0. The van der Waals surface area contributed by atoms with Crippen molar-refractivity contribution in [2.45, 2.75) is 13.2 Å². The molecule has 0 N–H and O–H groups in total. The second kappa shape index (κ2) is 9.94. The molecule has 0 saturated carbocycles. The highest BCUT2D eigenvalue weighted by Crippen LogP contribution is 2.34. The number of carbonyl (C=O) groups is 2. The fraction of sp³-hybridized carbons (Fsp3) is 0.0714. The summed E-state index contributed by atoms with van der Waals surface area (Å²) in [6.45, 7) is 0.173. The van der Waals surface area contributed by atoms with Crippen LogP contribution in [0.1, 0.15) is 16.7 Å². The summed E-state index contributed by atoms with van der Waals surface area (Å²) in [6, 6.07) is 25.2. The minimum Gasteiger partial charge on any atom is -0.489 e. The Labute approximate surface area is 211 Å². The lowest BCUT2D eigenvalue weighted by Crippen LogP contribution is -2.27. The first-order valence-corrected chi connectivity index (χ1v) is 12.1. The molecular formula is C28H19ClFNO3S. The van der Waals surface area contributed by atoms with Gasteiger partial charge >= 0.3 is 0 Å². The van der Waals surface area contributed by atoms with Gasteiger partial charge in [-0.05, 0) is 64.0 Å². The molecule has 0 atom stereocenters. The zero-order valence-corrected chi connectivity index (χ0v) is 20.0. The van der Waals surface area contributed by atoms with E-state index in [9.17, 15) is 14.0 Å². The van der Waals surface area contributed by atoms with Crippen LogP contribution >= 0.6 is 23.4 Å². The molecule has 1 heterocycles. The van der Waals surface area contributed by atoms with Crippen LogP contribution in [0.3, 0.4) is 0 Å². The molecule has 4 aromatic carbocycles. The van der Waals surface area contributed by atoms with Gasteiger partial charge in [-0.3, -0.25) is 14.5 Å². The molecule has 1 saturated heterocycles. The molecule has 174 valence electrons. The lowest BCUT2D eigenvalue weighted by molar-refractivity contribution is -0.123. The van der Waals surface area contributed by atoms with Crippen molar-refractivity contribution in [2.75, 3.05) is 0 Å². The van der Waals surface area contributed by atoms with Crippen molar-refractivity contribution in [1.82, 2.24) is 4.90 Å². The normalized spacial score (nSPS) is 14.8. The third-order valence-corrected chi connectivity index (χ3v) is 6.94. The number of imide groups is 1. The number of fused-ring (bicyclic) bond motifs is 1.